The van der Waals surface area contributed by atoms with Crippen molar-refractivity contribution < 1.29 is 0 Å². The first-order valence-corrected chi connectivity index (χ1v) is 6.50. The smallest absolute Gasteiger partial charge is 0.326 e. The molecule has 0 atom stereocenters. The van der Waals surface area contributed by atoms with Crippen molar-refractivity contribution in [2.45, 2.75) is 16.6 Å². The van der Waals surface area contributed by atoms with Crippen LogP contribution >= 0.6 is 27.7 Å². The molecule has 0 spiro atoms. The highest BCUT2D eigenvalue weighted by Crippen LogP contribution is 2.30. The summed E-state index contributed by atoms with van der Waals surface area (Å²) in [5, 5.41) is 6.96. The Morgan fingerprint density at radius 1 is 1.59 bits per heavy atom. The molecule has 17 heavy (non-hydrogen) atoms. The molecule has 0 saturated carbocycles. The highest BCUT2D eigenvalue weighted by atomic mass is 79.9. The second-order valence-electron chi connectivity index (χ2n) is 3.43. The minimum Gasteiger partial charge on any atom is -0.326 e. The van der Waals surface area contributed by atoms with Gasteiger partial charge >= 0.3 is 5.69 Å². The Bertz CT molecular complexity index is 592. The molecule has 0 amide bonds. The molecule has 0 aliphatic heterocycles. The molecule has 0 aliphatic carbocycles. The molecule has 3 N–H and O–H groups in total. The lowest BCUT2D eigenvalue weighted by molar-refractivity contribution is 0.765. The summed E-state index contributed by atoms with van der Waals surface area (Å²) in [5.41, 5.74) is 6.47. The summed E-state index contributed by atoms with van der Waals surface area (Å²) in [7, 11) is 1.67. The Morgan fingerprint density at radius 3 is 2.94 bits per heavy atom. The van der Waals surface area contributed by atoms with Crippen LogP contribution < -0.4 is 11.4 Å². The van der Waals surface area contributed by atoms with Crippen molar-refractivity contribution in [3.63, 3.8) is 0 Å². The van der Waals surface area contributed by atoms with Crippen LogP contribution in [-0.2, 0) is 13.6 Å². The SMILES string of the molecule is Cn1c(Sc2cc(Br)ccc2CN)n[nH]c1=O. The van der Waals surface area contributed by atoms with Crippen LogP contribution in [0.2, 0.25) is 0 Å². The van der Waals surface area contributed by atoms with Gasteiger partial charge in [0.2, 0.25) is 0 Å². The van der Waals surface area contributed by atoms with Crippen LogP contribution in [0.15, 0.2) is 37.5 Å². The minimum absolute atomic E-state index is 0.225. The monoisotopic (exact) mass is 314 g/mol. The van der Waals surface area contributed by atoms with E-state index >= 15 is 0 Å². The van der Waals surface area contributed by atoms with Crippen molar-refractivity contribution in [3.05, 3.63) is 38.7 Å². The molecule has 0 radical (unpaired) electrons. The number of H-pyrrole nitrogens is 1. The van der Waals surface area contributed by atoms with E-state index in [4.69, 9.17) is 5.73 Å². The highest BCUT2D eigenvalue weighted by Gasteiger charge is 2.09. The Balaban J connectivity index is 2.38. The second-order valence-corrected chi connectivity index (χ2v) is 5.35. The van der Waals surface area contributed by atoms with Gasteiger partial charge in [-0.05, 0) is 29.5 Å². The number of aromatic nitrogens is 3. The molecule has 2 aromatic rings. The van der Waals surface area contributed by atoms with E-state index in [1.165, 1.54) is 16.3 Å². The highest BCUT2D eigenvalue weighted by molar-refractivity contribution is 9.10. The fraction of sp³-hybridized carbons (Fsp3) is 0.200. The lowest BCUT2D eigenvalue weighted by atomic mass is 10.2. The predicted molar refractivity (Wildman–Crippen MR) is 70.0 cm³/mol. The van der Waals surface area contributed by atoms with Gasteiger partial charge in [0.15, 0.2) is 5.16 Å². The van der Waals surface area contributed by atoms with E-state index in [0.29, 0.717) is 11.7 Å². The van der Waals surface area contributed by atoms with Gasteiger partial charge in [-0.3, -0.25) is 4.57 Å². The number of nitrogens with two attached hydrogens (primary N) is 1. The Hall–Kier alpha value is -1.05. The molecule has 1 aromatic heterocycles. The maximum atomic E-state index is 11.2. The van der Waals surface area contributed by atoms with Crippen molar-refractivity contribution in [1.82, 2.24) is 14.8 Å². The molecule has 0 unspecified atom stereocenters. The van der Waals surface area contributed by atoms with Gasteiger partial charge in [0, 0.05) is 23.0 Å². The van der Waals surface area contributed by atoms with Crippen LogP contribution in [-0.4, -0.2) is 14.8 Å². The van der Waals surface area contributed by atoms with Gasteiger partial charge in [0.25, 0.3) is 0 Å². The zero-order chi connectivity index (χ0) is 12.4. The van der Waals surface area contributed by atoms with Crippen LogP contribution in [0.25, 0.3) is 0 Å². The number of nitrogens with zero attached hydrogens (tertiary/aromatic N) is 2. The molecular weight excluding hydrogens is 304 g/mol. The molecule has 0 aliphatic rings. The number of nitrogens with one attached hydrogen (secondary N) is 1. The van der Waals surface area contributed by atoms with Crippen LogP contribution in [0.4, 0.5) is 0 Å². The van der Waals surface area contributed by atoms with Gasteiger partial charge in [-0.1, -0.05) is 22.0 Å². The Kier molecular flexibility index (Phi) is 3.70. The van der Waals surface area contributed by atoms with Crippen molar-refractivity contribution >= 4 is 27.7 Å². The lowest BCUT2D eigenvalue weighted by Crippen LogP contribution is -2.12. The molecule has 0 saturated heterocycles. The average molecular weight is 315 g/mol. The summed E-state index contributed by atoms with van der Waals surface area (Å²) in [6, 6.07) is 5.86. The molecule has 0 fully saturated rings. The molecule has 90 valence electrons. The summed E-state index contributed by atoms with van der Waals surface area (Å²) < 4.78 is 2.43. The summed E-state index contributed by atoms with van der Waals surface area (Å²) in [6.45, 7) is 0.452. The van der Waals surface area contributed by atoms with Gasteiger partial charge in [0.05, 0.1) is 0 Å². The molecule has 0 bridgehead atoms. The molecular formula is C10H11BrN4OS. The van der Waals surface area contributed by atoms with E-state index in [-0.39, 0.29) is 5.69 Å². The molecule has 1 aromatic carbocycles. The van der Waals surface area contributed by atoms with Crippen LogP contribution in [0.3, 0.4) is 0 Å². The van der Waals surface area contributed by atoms with Crippen molar-refractivity contribution in [2.75, 3.05) is 0 Å². The van der Waals surface area contributed by atoms with Crippen molar-refractivity contribution in [1.29, 1.82) is 0 Å². The third-order valence-electron chi connectivity index (χ3n) is 2.29. The molecule has 7 heteroatoms. The maximum Gasteiger partial charge on any atom is 0.343 e. The molecule has 5 nitrogen and oxygen atoms in total. The number of benzene rings is 1. The maximum absolute atomic E-state index is 11.2. The first-order valence-electron chi connectivity index (χ1n) is 4.89. The van der Waals surface area contributed by atoms with Crippen molar-refractivity contribution in [3.8, 4) is 0 Å². The van der Waals surface area contributed by atoms with E-state index in [1.54, 1.807) is 7.05 Å². The summed E-state index contributed by atoms with van der Waals surface area (Å²) in [6.07, 6.45) is 0. The summed E-state index contributed by atoms with van der Waals surface area (Å²) in [5.74, 6) is 0. The Labute approximate surface area is 111 Å². The van der Waals surface area contributed by atoms with Gasteiger partial charge in [0.1, 0.15) is 0 Å². The van der Waals surface area contributed by atoms with Gasteiger partial charge in [-0.2, -0.15) is 0 Å². The van der Waals surface area contributed by atoms with E-state index in [0.717, 1.165) is 14.9 Å². The van der Waals surface area contributed by atoms with E-state index in [2.05, 4.69) is 26.1 Å². The molecule has 2 rings (SSSR count). The largest absolute Gasteiger partial charge is 0.343 e. The second kappa shape index (κ2) is 5.07. The third kappa shape index (κ3) is 2.62. The van der Waals surface area contributed by atoms with Gasteiger partial charge < -0.3 is 5.73 Å². The quantitative estimate of drug-likeness (QED) is 0.899. The zero-order valence-corrected chi connectivity index (χ0v) is 11.5. The Morgan fingerprint density at radius 2 is 2.35 bits per heavy atom. The standard InChI is InChI=1S/C10H11BrN4OS/c1-15-9(16)13-14-10(15)17-8-4-7(11)3-2-6(8)5-12/h2-4H,5,12H2,1H3,(H,13,16). The van der Waals surface area contributed by atoms with Gasteiger partial charge in [-0.15, -0.1) is 5.10 Å². The first kappa shape index (κ1) is 12.4. The fourth-order valence-electron chi connectivity index (χ4n) is 1.31. The van der Waals surface area contributed by atoms with E-state index < -0.39 is 0 Å². The van der Waals surface area contributed by atoms with E-state index in [1.807, 2.05) is 18.2 Å². The fourth-order valence-corrected chi connectivity index (χ4v) is 2.80. The number of aromatic amines is 1. The van der Waals surface area contributed by atoms with Gasteiger partial charge in [-0.25, -0.2) is 9.89 Å². The average Bonchev–Trinajstić information content (AvgIpc) is 2.61. The normalized spacial score (nSPS) is 10.8. The van der Waals surface area contributed by atoms with Crippen LogP contribution in [0, 0.1) is 0 Å². The topological polar surface area (TPSA) is 76.7 Å². The number of halogens is 1. The predicted octanol–water partition coefficient (Wildman–Crippen LogP) is 1.48. The molecule has 1 heterocycles. The number of hydrogen-bond donors (Lipinski definition) is 2. The lowest BCUT2D eigenvalue weighted by Gasteiger charge is -2.06. The summed E-state index contributed by atoms with van der Waals surface area (Å²) in [4.78, 5) is 12.2. The minimum atomic E-state index is -0.225. The van der Waals surface area contributed by atoms with Crippen LogP contribution in [0.1, 0.15) is 5.56 Å². The van der Waals surface area contributed by atoms with Crippen LogP contribution in [0.5, 0.6) is 0 Å². The number of rotatable bonds is 3. The number of hydrogen-bond acceptors (Lipinski definition) is 4. The van der Waals surface area contributed by atoms with Crippen molar-refractivity contribution in [2.24, 2.45) is 12.8 Å². The zero-order valence-electron chi connectivity index (χ0n) is 9.11. The van der Waals surface area contributed by atoms with E-state index in [9.17, 15) is 4.79 Å². The summed E-state index contributed by atoms with van der Waals surface area (Å²) >= 11 is 4.82. The third-order valence-corrected chi connectivity index (χ3v) is 3.93. The first-order chi connectivity index (χ1) is 8.11.